The topological polar surface area (TPSA) is 54.4 Å². The lowest BCUT2D eigenvalue weighted by Gasteiger charge is -2.00. The van der Waals surface area contributed by atoms with E-state index >= 15 is 0 Å². The van der Waals surface area contributed by atoms with Gasteiger partial charge in [0.2, 0.25) is 0 Å². The Bertz CT molecular complexity index is 866. The zero-order valence-electron chi connectivity index (χ0n) is 14.5. The number of carbonyl (C=O) groups excluding carboxylic acids is 1. The number of hydrogen-bond donors (Lipinski definition) is 1. The molecular formula is C19H18BN3OS2. The maximum Gasteiger partial charge on any atom is 0.271 e. The molecular weight excluding hydrogens is 361 g/mol. The van der Waals surface area contributed by atoms with Crippen LogP contribution in [0.25, 0.3) is 0 Å². The molecule has 3 rings (SSSR count). The van der Waals surface area contributed by atoms with Gasteiger partial charge >= 0.3 is 0 Å². The SMILES string of the molecule is CC.[B]c1cccc(C(=O)N/N=C/c2ccc(Sc3ccccn3)s2)c1. The summed E-state index contributed by atoms with van der Waals surface area (Å²) in [5.74, 6) is -0.293. The van der Waals surface area contributed by atoms with Crippen LogP contribution in [0, 0.1) is 0 Å². The van der Waals surface area contributed by atoms with Crippen LogP contribution in [0.3, 0.4) is 0 Å². The number of hydrogen-bond acceptors (Lipinski definition) is 5. The van der Waals surface area contributed by atoms with Crippen LogP contribution in [0.5, 0.6) is 0 Å². The van der Waals surface area contributed by atoms with Crippen LogP contribution < -0.4 is 10.9 Å². The second kappa shape index (κ2) is 10.6. The summed E-state index contributed by atoms with van der Waals surface area (Å²) in [4.78, 5) is 17.2. The Labute approximate surface area is 163 Å². The number of nitrogens with zero attached hydrogens (tertiary/aromatic N) is 2. The van der Waals surface area contributed by atoms with Crippen molar-refractivity contribution in [3.63, 3.8) is 0 Å². The number of rotatable bonds is 5. The Morgan fingerprint density at radius 1 is 1.19 bits per heavy atom. The minimum absolute atomic E-state index is 0.293. The summed E-state index contributed by atoms with van der Waals surface area (Å²) >= 11 is 3.17. The van der Waals surface area contributed by atoms with Gasteiger partial charge in [0.1, 0.15) is 12.9 Å². The van der Waals surface area contributed by atoms with E-state index in [2.05, 4.69) is 15.5 Å². The highest BCUT2D eigenvalue weighted by atomic mass is 32.2. The Kier molecular flexibility index (Phi) is 8.11. The van der Waals surface area contributed by atoms with Crippen LogP contribution in [0.4, 0.5) is 0 Å². The monoisotopic (exact) mass is 379 g/mol. The summed E-state index contributed by atoms with van der Waals surface area (Å²) in [6.45, 7) is 4.00. The third kappa shape index (κ3) is 6.17. The number of carbonyl (C=O) groups is 1. The molecule has 4 nitrogen and oxygen atoms in total. The zero-order chi connectivity index (χ0) is 18.8. The largest absolute Gasteiger partial charge is 0.271 e. The van der Waals surface area contributed by atoms with Crippen LogP contribution in [0.15, 0.2) is 75.1 Å². The van der Waals surface area contributed by atoms with Crippen molar-refractivity contribution >= 4 is 48.5 Å². The van der Waals surface area contributed by atoms with Crippen molar-refractivity contribution in [3.8, 4) is 0 Å². The fourth-order valence-corrected chi connectivity index (χ4v) is 3.79. The van der Waals surface area contributed by atoms with E-state index in [1.807, 2.05) is 44.2 Å². The first kappa shape index (κ1) is 19.9. The normalized spacial score (nSPS) is 10.2. The van der Waals surface area contributed by atoms with E-state index in [-0.39, 0.29) is 5.91 Å². The molecule has 26 heavy (non-hydrogen) atoms. The fraction of sp³-hybridized carbons (Fsp3) is 0.105. The first-order valence-electron chi connectivity index (χ1n) is 8.08. The minimum atomic E-state index is -0.293. The van der Waals surface area contributed by atoms with Crippen molar-refractivity contribution in [2.75, 3.05) is 0 Å². The van der Waals surface area contributed by atoms with Gasteiger partial charge in [-0.25, -0.2) is 10.4 Å². The van der Waals surface area contributed by atoms with Gasteiger partial charge in [0, 0.05) is 16.6 Å². The van der Waals surface area contributed by atoms with Crippen molar-refractivity contribution in [1.82, 2.24) is 10.4 Å². The molecule has 0 aliphatic carbocycles. The second-order valence-electron chi connectivity index (χ2n) is 4.75. The molecule has 0 unspecified atom stereocenters. The Morgan fingerprint density at radius 2 is 2.04 bits per heavy atom. The first-order valence-corrected chi connectivity index (χ1v) is 9.72. The second-order valence-corrected chi connectivity index (χ2v) is 7.19. The molecule has 0 spiro atoms. The average molecular weight is 379 g/mol. The third-order valence-corrected chi connectivity index (χ3v) is 5.05. The Morgan fingerprint density at radius 3 is 2.77 bits per heavy atom. The molecule has 1 N–H and O–H groups in total. The van der Waals surface area contributed by atoms with Crippen LogP contribution in [-0.4, -0.2) is 25.0 Å². The molecule has 0 aliphatic rings. The number of thiophene rings is 1. The summed E-state index contributed by atoms with van der Waals surface area (Å²) < 4.78 is 1.11. The maximum absolute atomic E-state index is 11.9. The molecule has 130 valence electrons. The van der Waals surface area contributed by atoms with Crippen LogP contribution in [0.1, 0.15) is 29.1 Å². The van der Waals surface area contributed by atoms with Crippen molar-refractivity contribution in [2.24, 2.45) is 5.10 Å². The van der Waals surface area contributed by atoms with Gasteiger partial charge in [-0.2, -0.15) is 5.10 Å². The summed E-state index contributed by atoms with van der Waals surface area (Å²) in [7, 11) is 5.66. The molecule has 0 fully saturated rings. The highest BCUT2D eigenvalue weighted by molar-refractivity contribution is 8.01. The van der Waals surface area contributed by atoms with Crippen LogP contribution >= 0.6 is 23.1 Å². The number of benzene rings is 1. The van der Waals surface area contributed by atoms with Gasteiger partial charge in [-0.3, -0.25) is 4.79 Å². The first-order chi connectivity index (χ1) is 12.7. The smallest absolute Gasteiger partial charge is 0.267 e. The van der Waals surface area contributed by atoms with Gasteiger partial charge in [-0.15, -0.1) is 11.3 Å². The number of amides is 1. The molecule has 1 aromatic carbocycles. The van der Waals surface area contributed by atoms with E-state index in [4.69, 9.17) is 7.85 Å². The Balaban J connectivity index is 0.00000117. The molecule has 0 aliphatic heterocycles. The summed E-state index contributed by atoms with van der Waals surface area (Å²) in [5.41, 5.74) is 3.52. The maximum atomic E-state index is 11.9. The van der Waals surface area contributed by atoms with E-state index in [0.29, 0.717) is 11.0 Å². The van der Waals surface area contributed by atoms with Gasteiger partial charge in [0.25, 0.3) is 5.91 Å². The fourth-order valence-electron chi connectivity index (χ4n) is 1.87. The molecule has 0 saturated heterocycles. The molecule has 2 aromatic heterocycles. The number of hydrazone groups is 1. The lowest BCUT2D eigenvalue weighted by atomic mass is 9.94. The standard InChI is InChI=1S/C17H12BN3OS2.C2H6/c18-13-5-3-4-12(10-13)17(22)21-20-11-14-7-8-16(23-14)24-15-6-1-2-9-19-15;1-2/h1-11H,(H,21,22);1-2H3/b20-11+;. The van der Waals surface area contributed by atoms with Gasteiger partial charge in [-0.05, 0) is 30.3 Å². The molecule has 7 heteroatoms. The van der Waals surface area contributed by atoms with E-state index in [9.17, 15) is 4.79 Å². The van der Waals surface area contributed by atoms with E-state index in [0.717, 1.165) is 14.1 Å². The van der Waals surface area contributed by atoms with Gasteiger partial charge in [-0.1, -0.05) is 55.3 Å². The van der Waals surface area contributed by atoms with Crippen molar-refractivity contribution < 1.29 is 4.79 Å². The number of aromatic nitrogens is 1. The van der Waals surface area contributed by atoms with Gasteiger partial charge in [0.15, 0.2) is 0 Å². The lowest BCUT2D eigenvalue weighted by Crippen LogP contribution is -2.19. The van der Waals surface area contributed by atoms with Crippen LogP contribution in [-0.2, 0) is 0 Å². The number of nitrogens with one attached hydrogen (secondary N) is 1. The highest BCUT2D eigenvalue weighted by Gasteiger charge is 2.04. The Hall–Kier alpha value is -2.38. The molecule has 2 heterocycles. The quantitative estimate of drug-likeness (QED) is 0.416. The average Bonchev–Trinajstić information content (AvgIpc) is 3.11. The zero-order valence-corrected chi connectivity index (χ0v) is 16.2. The predicted molar refractivity (Wildman–Crippen MR) is 111 cm³/mol. The molecule has 3 aromatic rings. The summed E-state index contributed by atoms with van der Waals surface area (Å²) in [6.07, 6.45) is 3.39. The molecule has 0 atom stereocenters. The van der Waals surface area contributed by atoms with E-state index in [1.54, 1.807) is 59.8 Å². The van der Waals surface area contributed by atoms with Gasteiger partial charge in [0.05, 0.1) is 10.4 Å². The van der Waals surface area contributed by atoms with Crippen molar-refractivity contribution in [1.29, 1.82) is 0 Å². The third-order valence-electron chi connectivity index (χ3n) is 2.95. The summed E-state index contributed by atoms with van der Waals surface area (Å²) in [5, 5.41) is 4.93. The van der Waals surface area contributed by atoms with Gasteiger partial charge < -0.3 is 0 Å². The molecule has 0 bridgehead atoms. The summed E-state index contributed by atoms with van der Waals surface area (Å²) in [6, 6.07) is 16.5. The number of pyridine rings is 1. The van der Waals surface area contributed by atoms with E-state index < -0.39 is 0 Å². The highest BCUT2D eigenvalue weighted by Crippen LogP contribution is 2.31. The predicted octanol–water partition coefficient (Wildman–Crippen LogP) is 3.88. The lowest BCUT2D eigenvalue weighted by molar-refractivity contribution is 0.0955. The van der Waals surface area contributed by atoms with Crippen molar-refractivity contribution in [2.45, 2.75) is 23.1 Å². The van der Waals surface area contributed by atoms with Crippen molar-refractivity contribution in [3.05, 3.63) is 71.2 Å². The molecule has 1 amide bonds. The minimum Gasteiger partial charge on any atom is -0.267 e. The van der Waals surface area contributed by atoms with E-state index in [1.165, 1.54) is 0 Å². The van der Waals surface area contributed by atoms with Crippen LogP contribution in [0.2, 0.25) is 0 Å². The molecule has 0 saturated carbocycles. The molecule has 2 radical (unpaired) electrons.